The van der Waals surface area contributed by atoms with Crippen molar-refractivity contribution in [2.45, 2.75) is 18.9 Å². The Morgan fingerprint density at radius 2 is 2.45 bits per heavy atom. The van der Waals surface area contributed by atoms with Gasteiger partial charge in [-0.15, -0.1) is 6.58 Å². The highest BCUT2D eigenvalue weighted by Crippen LogP contribution is 2.21. The highest BCUT2D eigenvalue weighted by atomic mass is 16.5. The Labute approximate surface area is 65.7 Å². The fourth-order valence-electron chi connectivity index (χ4n) is 1.30. The average molecular weight is 156 g/mol. The third-order valence-electron chi connectivity index (χ3n) is 1.92. The van der Waals surface area contributed by atoms with Crippen LogP contribution in [0.3, 0.4) is 0 Å². The Balaban J connectivity index is 2.58. The van der Waals surface area contributed by atoms with Gasteiger partial charge in [-0.05, 0) is 12.8 Å². The van der Waals surface area contributed by atoms with Crippen LogP contribution in [0.1, 0.15) is 12.8 Å². The summed E-state index contributed by atoms with van der Waals surface area (Å²) in [5, 5.41) is 8.71. The average Bonchev–Trinajstić information content (AvgIpc) is 2.04. The summed E-state index contributed by atoms with van der Waals surface area (Å²) in [6.07, 6.45) is 2.81. The standard InChI is InChI=1S/C8H12O3/c1-2-7-6(8(9)10)4-3-5-11-7/h2,6-7H,1,3-5H2,(H,9,10). The van der Waals surface area contributed by atoms with Gasteiger partial charge in [0.25, 0.3) is 0 Å². The summed E-state index contributed by atoms with van der Waals surface area (Å²) in [4.78, 5) is 10.6. The molecule has 11 heavy (non-hydrogen) atoms. The maximum Gasteiger partial charge on any atom is 0.309 e. The van der Waals surface area contributed by atoms with Crippen molar-refractivity contribution in [3.63, 3.8) is 0 Å². The lowest BCUT2D eigenvalue weighted by Gasteiger charge is -2.25. The lowest BCUT2D eigenvalue weighted by Crippen LogP contribution is -2.33. The molecule has 0 spiro atoms. The molecule has 0 radical (unpaired) electrons. The number of rotatable bonds is 2. The summed E-state index contributed by atoms with van der Waals surface area (Å²) in [5.41, 5.74) is 0. The molecule has 1 saturated heterocycles. The number of aliphatic carboxylic acids is 1. The highest BCUT2D eigenvalue weighted by molar-refractivity contribution is 5.71. The molecular weight excluding hydrogens is 144 g/mol. The van der Waals surface area contributed by atoms with E-state index in [1.807, 2.05) is 0 Å². The fourth-order valence-corrected chi connectivity index (χ4v) is 1.30. The Hall–Kier alpha value is -0.830. The van der Waals surface area contributed by atoms with Crippen LogP contribution in [0.2, 0.25) is 0 Å². The van der Waals surface area contributed by atoms with E-state index in [0.29, 0.717) is 13.0 Å². The predicted octanol–water partition coefficient (Wildman–Crippen LogP) is 1.05. The minimum absolute atomic E-state index is 0.291. The molecule has 0 bridgehead atoms. The molecule has 1 rings (SSSR count). The molecule has 0 saturated carbocycles. The van der Waals surface area contributed by atoms with Crippen LogP contribution in [0.15, 0.2) is 12.7 Å². The molecule has 0 aromatic carbocycles. The van der Waals surface area contributed by atoms with Gasteiger partial charge in [0.15, 0.2) is 0 Å². The first-order valence-corrected chi connectivity index (χ1v) is 3.72. The summed E-state index contributed by atoms with van der Waals surface area (Å²) in [7, 11) is 0. The SMILES string of the molecule is C=CC1OCCCC1C(=O)O. The number of carboxylic acid groups (broad SMARTS) is 1. The molecule has 3 heteroatoms. The minimum Gasteiger partial charge on any atom is -0.481 e. The first kappa shape index (κ1) is 8.27. The van der Waals surface area contributed by atoms with Crippen molar-refractivity contribution in [2.24, 2.45) is 5.92 Å². The van der Waals surface area contributed by atoms with E-state index in [1.165, 1.54) is 0 Å². The van der Waals surface area contributed by atoms with E-state index in [4.69, 9.17) is 9.84 Å². The van der Waals surface area contributed by atoms with Crippen LogP contribution < -0.4 is 0 Å². The maximum atomic E-state index is 10.6. The number of ether oxygens (including phenoxy) is 1. The molecule has 0 aliphatic carbocycles. The van der Waals surface area contributed by atoms with E-state index < -0.39 is 5.97 Å². The lowest BCUT2D eigenvalue weighted by atomic mass is 9.95. The molecular formula is C8H12O3. The molecule has 0 amide bonds. The number of hydrogen-bond donors (Lipinski definition) is 1. The van der Waals surface area contributed by atoms with Gasteiger partial charge in [0.05, 0.1) is 12.0 Å². The summed E-state index contributed by atoms with van der Waals surface area (Å²) in [5.74, 6) is -1.17. The molecule has 1 heterocycles. The Kier molecular flexibility index (Phi) is 2.65. The van der Waals surface area contributed by atoms with E-state index in [1.54, 1.807) is 6.08 Å². The van der Waals surface area contributed by atoms with E-state index >= 15 is 0 Å². The van der Waals surface area contributed by atoms with Crippen molar-refractivity contribution in [2.75, 3.05) is 6.61 Å². The molecule has 1 fully saturated rings. The van der Waals surface area contributed by atoms with Crippen molar-refractivity contribution in [3.8, 4) is 0 Å². The number of hydrogen-bond acceptors (Lipinski definition) is 2. The summed E-state index contributed by atoms with van der Waals surface area (Å²) in [6.45, 7) is 4.18. The Bertz CT molecular complexity index is 165. The summed E-state index contributed by atoms with van der Waals surface area (Å²) >= 11 is 0. The van der Waals surface area contributed by atoms with Crippen LogP contribution in [0.25, 0.3) is 0 Å². The third kappa shape index (κ3) is 1.80. The van der Waals surface area contributed by atoms with Gasteiger partial charge in [-0.1, -0.05) is 6.08 Å². The second-order valence-electron chi connectivity index (χ2n) is 2.66. The zero-order chi connectivity index (χ0) is 8.27. The van der Waals surface area contributed by atoms with Gasteiger partial charge in [0.2, 0.25) is 0 Å². The van der Waals surface area contributed by atoms with E-state index in [0.717, 1.165) is 6.42 Å². The Morgan fingerprint density at radius 3 is 2.91 bits per heavy atom. The topological polar surface area (TPSA) is 46.5 Å². The zero-order valence-corrected chi connectivity index (χ0v) is 6.32. The fraction of sp³-hybridized carbons (Fsp3) is 0.625. The van der Waals surface area contributed by atoms with Gasteiger partial charge in [-0.25, -0.2) is 0 Å². The van der Waals surface area contributed by atoms with Crippen LogP contribution in [-0.4, -0.2) is 23.8 Å². The molecule has 2 unspecified atom stereocenters. The van der Waals surface area contributed by atoms with E-state index in [9.17, 15) is 4.79 Å². The van der Waals surface area contributed by atoms with Crippen LogP contribution in [0.5, 0.6) is 0 Å². The lowest BCUT2D eigenvalue weighted by molar-refractivity contribution is -0.149. The normalized spacial score (nSPS) is 31.3. The molecule has 1 aliphatic heterocycles. The van der Waals surface area contributed by atoms with Crippen LogP contribution >= 0.6 is 0 Å². The first-order valence-electron chi connectivity index (χ1n) is 3.72. The van der Waals surface area contributed by atoms with Crippen LogP contribution in [0.4, 0.5) is 0 Å². The maximum absolute atomic E-state index is 10.6. The third-order valence-corrected chi connectivity index (χ3v) is 1.92. The van der Waals surface area contributed by atoms with Crippen molar-refractivity contribution in [3.05, 3.63) is 12.7 Å². The highest BCUT2D eigenvalue weighted by Gasteiger charge is 2.29. The van der Waals surface area contributed by atoms with Crippen molar-refractivity contribution in [1.29, 1.82) is 0 Å². The van der Waals surface area contributed by atoms with Gasteiger partial charge >= 0.3 is 5.97 Å². The van der Waals surface area contributed by atoms with Crippen molar-refractivity contribution in [1.82, 2.24) is 0 Å². The van der Waals surface area contributed by atoms with E-state index in [2.05, 4.69) is 6.58 Å². The monoisotopic (exact) mass is 156 g/mol. The van der Waals surface area contributed by atoms with Gasteiger partial charge in [-0.3, -0.25) is 4.79 Å². The minimum atomic E-state index is -0.783. The van der Waals surface area contributed by atoms with Gasteiger partial charge in [0, 0.05) is 6.61 Å². The molecule has 3 nitrogen and oxygen atoms in total. The number of carbonyl (C=O) groups is 1. The molecule has 2 atom stereocenters. The summed E-state index contributed by atoms with van der Waals surface area (Å²) < 4.78 is 5.20. The number of carboxylic acids is 1. The molecule has 1 aliphatic rings. The van der Waals surface area contributed by atoms with Crippen molar-refractivity contribution >= 4 is 5.97 Å². The molecule has 0 aromatic rings. The molecule has 1 N–H and O–H groups in total. The summed E-state index contributed by atoms with van der Waals surface area (Å²) in [6, 6.07) is 0. The predicted molar refractivity (Wildman–Crippen MR) is 40.3 cm³/mol. The first-order chi connectivity index (χ1) is 5.25. The van der Waals surface area contributed by atoms with Gasteiger partial charge < -0.3 is 9.84 Å². The van der Waals surface area contributed by atoms with Gasteiger partial charge in [-0.2, -0.15) is 0 Å². The van der Waals surface area contributed by atoms with E-state index in [-0.39, 0.29) is 12.0 Å². The smallest absolute Gasteiger partial charge is 0.309 e. The van der Waals surface area contributed by atoms with Crippen molar-refractivity contribution < 1.29 is 14.6 Å². The second kappa shape index (κ2) is 3.53. The van der Waals surface area contributed by atoms with Crippen LogP contribution in [0, 0.1) is 5.92 Å². The Morgan fingerprint density at radius 1 is 1.73 bits per heavy atom. The zero-order valence-electron chi connectivity index (χ0n) is 6.32. The van der Waals surface area contributed by atoms with Crippen LogP contribution in [-0.2, 0) is 9.53 Å². The quantitative estimate of drug-likeness (QED) is 0.608. The van der Waals surface area contributed by atoms with Gasteiger partial charge in [0.1, 0.15) is 0 Å². The molecule has 0 aromatic heterocycles. The largest absolute Gasteiger partial charge is 0.481 e. The second-order valence-corrected chi connectivity index (χ2v) is 2.66. The molecule has 62 valence electrons.